The molecule has 4 nitrogen and oxygen atoms in total. The van der Waals surface area contributed by atoms with Crippen LogP contribution in [0, 0.1) is 0 Å². The van der Waals surface area contributed by atoms with E-state index in [0.29, 0.717) is 0 Å². The fourth-order valence-corrected chi connectivity index (χ4v) is 4.56. The smallest absolute Gasteiger partial charge is 0.261 e. The number of aliphatic hydroxyl groups excluding tert-OH is 1. The van der Waals surface area contributed by atoms with Crippen LogP contribution >= 0.6 is 11.3 Å². The van der Waals surface area contributed by atoms with Crippen molar-refractivity contribution in [2.24, 2.45) is 0 Å². The number of fused-ring (bicyclic) bond motifs is 1. The van der Waals surface area contributed by atoms with Crippen LogP contribution in [-0.4, -0.2) is 36.4 Å². The fourth-order valence-electron chi connectivity index (χ4n) is 3.41. The number of carbonyl (C=O) groups is 1. The Hall–Kier alpha value is -0.910. The van der Waals surface area contributed by atoms with Gasteiger partial charge in [0.15, 0.2) is 0 Å². The lowest BCUT2D eigenvalue weighted by Gasteiger charge is -2.26. The van der Waals surface area contributed by atoms with Gasteiger partial charge in [0.25, 0.3) is 5.91 Å². The van der Waals surface area contributed by atoms with Gasteiger partial charge in [0, 0.05) is 12.0 Å². The number of rotatable bonds is 3. The highest BCUT2D eigenvalue weighted by molar-refractivity contribution is 7.14. The summed E-state index contributed by atoms with van der Waals surface area (Å²) in [5.74, 6) is -0.0461. The molecule has 0 bridgehead atoms. The minimum atomic E-state index is -0.617. The van der Waals surface area contributed by atoms with Crippen molar-refractivity contribution in [2.45, 2.75) is 63.2 Å². The third kappa shape index (κ3) is 3.15. The van der Waals surface area contributed by atoms with Crippen LogP contribution in [0.2, 0.25) is 0 Å². The molecule has 116 valence electrons. The maximum atomic E-state index is 12.4. The largest absolute Gasteiger partial charge is 0.388 e. The van der Waals surface area contributed by atoms with Crippen molar-refractivity contribution in [2.75, 3.05) is 7.11 Å². The summed E-state index contributed by atoms with van der Waals surface area (Å²) in [5, 5.41) is 13.4. The number of amides is 1. The summed E-state index contributed by atoms with van der Waals surface area (Å²) in [6.07, 6.45) is 6.34. The van der Waals surface area contributed by atoms with E-state index in [9.17, 15) is 9.90 Å². The first-order valence-electron chi connectivity index (χ1n) is 7.82. The highest BCUT2D eigenvalue weighted by Gasteiger charge is 2.31. The number of thiophene rings is 1. The lowest BCUT2D eigenvalue weighted by molar-refractivity contribution is -0.0277. The number of aliphatic hydroxyl groups is 1. The van der Waals surface area contributed by atoms with Crippen LogP contribution < -0.4 is 5.32 Å². The molecule has 1 aromatic rings. The lowest BCUT2D eigenvalue weighted by Crippen LogP contribution is -2.47. The SMILES string of the molecule is CO[C@@H]1CCCC[C@@H](NC(=O)c2cc3c(s2)CCC3)[C@H]1O. The number of hydrogen-bond acceptors (Lipinski definition) is 4. The van der Waals surface area contributed by atoms with E-state index in [1.807, 2.05) is 6.07 Å². The molecule has 2 N–H and O–H groups in total. The second kappa shape index (κ2) is 6.46. The molecule has 2 aliphatic carbocycles. The molecule has 3 atom stereocenters. The summed E-state index contributed by atoms with van der Waals surface area (Å²) in [6.45, 7) is 0. The summed E-state index contributed by atoms with van der Waals surface area (Å²) in [4.78, 5) is 14.6. The number of nitrogens with one attached hydrogen (secondary N) is 1. The first kappa shape index (κ1) is 15.0. The predicted octanol–water partition coefficient (Wildman–Crippen LogP) is 2.29. The normalized spacial score (nSPS) is 29.0. The van der Waals surface area contributed by atoms with E-state index < -0.39 is 6.10 Å². The molecule has 1 aromatic heterocycles. The number of methoxy groups -OCH3 is 1. The molecular formula is C16H23NO3S. The molecular weight excluding hydrogens is 286 g/mol. The highest BCUT2D eigenvalue weighted by atomic mass is 32.1. The van der Waals surface area contributed by atoms with E-state index in [1.165, 1.54) is 16.9 Å². The maximum Gasteiger partial charge on any atom is 0.261 e. The second-order valence-corrected chi connectivity index (χ2v) is 7.18. The minimum Gasteiger partial charge on any atom is -0.388 e. The van der Waals surface area contributed by atoms with Gasteiger partial charge in [-0.15, -0.1) is 11.3 Å². The second-order valence-electron chi connectivity index (χ2n) is 6.04. The van der Waals surface area contributed by atoms with E-state index in [0.717, 1.165) is 43.4 Å². The molecule has 5 heteroatoms. The molecule has 0 unspecified atom stereocenters. The van der Waals surface area contributed by atoms with Crippen LogP contribution in [0.25, 0.3) is 0 Å². The van der Waals surface area contributed by atoms with Gasteiger partial charge in [0.1, 0.15) is 6.10 Å². The third-order valence-corrected chi connectivity index (χ3v) is 5.87. The number of aryl methyl sites for hydroxylation is 2. The average molecular weight is 309 g/mol. The summed E-state index contributed by atoms with van der Waals surface area (Å²) in [5.41, 5.74) is 1.33. The van der Waals surface area contributed by atoms with Crippen molar-refractivity contribution in [3.8, 4) is 0 Å². The zero-order chi connectivity index (χ0) is 14.8. The van der Waals surface area contributed by atoms with Gasteiger partial charge in [-0.3, -0.25) is 4.79 Å². The molecule has 0 radical (unpaired) electrons. The zero-order valence-electron chi connectivity index (χ0n) is 12.4. The van der Waals surface area contributed by atoms with Crippen molar-refractivity contribution in [1.29, 1.82) is 0 Å². The number of ether oxygens (including phenoxy) is 1. The first-order valence-corrected chi connectivity index (χ1v) is 8.64. The zero-order valence-corrected chi connectivity index (χ0v) is 13.2. The Labute approximate surface area is 129 Å². The molecule has 0 spiro atoms. The first-order chi connectivity index (χ1) is 10.2. The standard InChI is InChI=1S/C16H23NO3S/c1-20-12-7-3-2-6-11(15(12)18)17-16(19)14-9-10-5-4-8-13(10)21-14/h9,11-12,15,18H,2-8H2,1H3,(H,17,19)/t11-,12-,15-/m1/s1. The van der Waals surface area contributed by atoms with Crippen molar-refractivity contribution in [1.82, 2.24) is 5.32 Å². The van der Waals surface area contributed by atoms with Gasteiger partial charge in [-0.2, -0.15) is 0 Å². The van der Waals surface area contributed by atoms with Crippen LogP contribution in [-0.2, 0) is 17.6 Å². The van der Waals surface area contributed by atoms with Crippen LogP contribution in [0.5, 0.6) is 0 Å². The highest BCUT2D eigenvalue weighted by Crippen LogP contribution is 2.31. The molecule has 0 aromatic carbocycles. The van der Waals surface area contributed by atoms with Crippen molar-refractivity contribution in [3.63, 3.8) is 0 Å². The van der Waals surface area contributed by atoms with Crippen molar-refractivity contribution in [3.05, 3.63) is 21.4 Å². The topological polar surface area (TPSA) is 58.6 Å². The summed E-state index contributed by atoms with van der Waals surface area (Å²) in [7, 11) is 1.63. The Balaban J connectivity index is 1.67. The van der Waals surface area contributed by atoms with E-state index in [4.69, 9.17) is 4.74 Å². The van der Waals surface area contributed by atoms with Gasteiger partial charge in [-0.1, -0.05) is 12.8 Å². The predicted molar refractivity (Wildman–Crippen MR) is 82.9 cm³/mol. The molecule has 1 heterocycles. The summed E-state index contributed by atoms with van der Waals surface area (Å²) in [6, 6.07) is 1.82. The number of carbonyl (C=O) groups excluding carboxylic acids is 1. The van der Waals surface area contributed by atoms with Gasteiger partial charge in [-0.25, -0.2) is 0 Å². The van der Waals surface area contributed by atoms with Gasteiger partial charge < -0.3 is 15.2 Å². The van der Waals surface area contributed by atoms with E-state index in [2.05, 4.69) is 5.32 Å². The molecule has 1 saturated carbocycles. The van der Waals surface area contributed by atoms with Gasteiger partial charge >= 0.3 is 0 Å². The summed E-state index contributed by atoms with van der Waals surface area (Å²) < 4.78 is 5.35. The Bertz CT molecular complexity index is 492. The van der Waals surface area contributed by atoms with Crippen LogP contribution in [0.3, 0.4) is 0 Å². The molecule has 1 fully saturated rings. The van der Waals surface area contributed by atoms with Crippen LogP contribution in [0.1, 0.15) is 52.2 Å². The molecule has 3 rings (SSSR count). The van der Waals surface area contributed by atoms with Gasteiger partial charge in [-0.05, 0) is 43.7 Å². The molecule has 1 amide bonds. The average Bonchev–Trinajstić information content (AvgIpc) is 3.02. The Morgan fingerprint density at radius 2 is 2.14 bits per heavy atom. The van der Waals surface area contributed by atoms with Gasteiger partial charge in [0.2, 0.25) is 0 Å². The molecule has 0 saturated heterocycles. The van der Waals surface area contributed by atoms with Crippen LogP contribution in [0.4, 0.5) is 0 Å². The Kier molecular flexibility index (Phi) is 4.62. The van der Waals surface area contributed by atoms with E-state index >= 15 is 0 Å². The number of hydrogen-bond donors (Lipinski definition) is 2. The van der Waals surface area contributed by atoms with Gasteiger partial charge in [0.05, 0.1) is 17.0 Å². The summed E-state index contributed by atoms with van der Waals surface area (Å²) >= 11 is 1.61. The van der Waals surface area contributed by atoms with Crippen molar-refractivity contribution >= 4 is 17.2 Å². The molecule has 0 aliphatic heterocycles. The third-order valence-electron chi connectivity index (χ3n) is 4.64. The lowest BCUT2D eigenvalue weighted by atomic mass is 10.0. The quantitative estimate of drug-likeness (QED) is 0.842. The van der Waals surface area contributed by atoms with E-state index in [-0.39, 0.29) is 18.1 Å². The Morgan fingerprint density at radius 1 is 1.33 bits per heavy atom. The maximum absolute atomic E-state index is 12.4. The van der Waals surface area contributed by atoms with E-state index in [1.54, 1.807) is 18.4 Å². The molecule has 21 heavy (non-hydrogen) atoms. The molecule has 2 aliphatic rings. The fraction of sp³-hybridized carbons (Fsp3) is 0.688. The monoisotopic (exact) mass is 309 g/mol. The van der Waals surface area contributed by atoms with Crippen molar-refractivity contribution < 1.29 is 14.6 Å². The van der Waals surface area contributed by atoms with Crippen LogP contribution in [0.15, 0.2) is 6.07 Å². The Morgan fingerprint density at radius 3 is 2.90 bits per heavy atom. The minimum absolute atomic E-state index is 0.0461.